The van der Waals surface area contributed by atoms with Gasteiger partial charge in [0.1, 0.15) is 0 Å². The topological polar surface area (TPSA) is 38.3 Å². The molecule has 0 unspecified atom stereocenters. The van der Waals surface area contributed by atoms with Crippen LogP contribution in [-0.4, -0.2) is 11.7 Å². The van der Waals surface area contributed by atoms with Gasteiger partial charge >= 0.3 is 5.97 Å². The average Bonchev–Trinajstić information content (AvgIpc) is 2.55. The van der Waals surface area contributed by atoms with E-state index in [2.05, 4.69) is 5.48 Å². The van der Waals surface area contributed by atoms with E-state index in [1.165, 1.54) is 6.07 Å². The zero-order chi connectivity index (χ0) is 15.5. The molecule has 0 saturated carbocycles. The summed E-state index contributed by atoms with van der Waals surface area (Å²) in [4.78, 5) is 18.3. The maximum atomic E-state index is 12.0. The van der Waals surface area contributed by atoms with Crippen molar-refractivity contribution in [1.82, 2.24) is 5.48 Å². The largest absolute Gasteiger partial charge is 0.362 e. The van der Waals surface area contributed by atoms with Crippen LogP contribution in [0.5, 0.6) is 0 Å². The summed E-state index contributed by atoms with van der Waals surface area (Å²) in [7, 11) is 0. The number of thioether (sulfide) groups is 1. The van der Waals surface area contributed by atoms with Crippen molar-refractivity contribution in [2.45, 2.75) is 4.90 Å². The van der Waals surface area contributed by atoms with Crippen LogP contribution in [0, 0.1) is 0 Å². The molecule has 1 aliphatic heterocycles. The second-order valence-corrected chi connectivity index (χ2v) is 6.42. The predicted molar refractivity (Wildman–Crippen MR) is 90.2 cm³/mol. The first-order valence-electron chi connectivity index (χ1n) is 6.50. The fourth-order valence-electron chi connectivity index (χ4n) is 2.02. The molecule has 0 amide bonds. The zero-order valence-electron chi connectivity index (χ0n) is 11.3. The standard InChI is InChI=1S/C16H11Cl2NO2S/c17-12-6-5-10(9-13(12)18)16(20)21-19-14-7-8-22-15-4-2-1-3-11(14)15/h1-7,9,19H,8H2. The lowest BCUT2D eigenvalue weighted by Crippen LogP contribution is -2.20. The Morgan fingerprint density at radius 3 is 2.77 bits per heavy atom. The summed E-state index contributed by atoms with van der Waals surface area (Å²) >= 11 is 13.5. The van der Waals surface area contributed by atoms with Gasteiger partial charge in [0.2, 0.25) is 0 Å². The average molecular weight is 352 g/mol. The summed E-state index contributed by atoms with van der Waals surface area (Å²) in [5.74, 6) is 0.305. The highest BCUT2D eigenvalue weighted by atomic mass is 35.5. The molecule has 1 aliphatic rings. The van der Waals surface area contributed by atoms with Gasteiger partial charge < -0.3 is 4.84 Å². The van der Waals surface area contributed by atoms with Gasteiger partial charge in [-0.3, -0.25) is 0 Å². The Bertz CT molecular complexity index is 762. The molecule has 2 aromatic carbocycles. The molecule has 22 heavy (non-hydrogen) atoms. The second-order valence-electron chi connectivity index (χ2n) is 4.55. The maximum Gasteiger partial charge on any atom is 0.362 e. The Labute approximate surface area is 142 Å². The number of hydroxylamine groups is 1. The van der Waals surface area contributed by atoms with Crippen LogP contribution in [0.1, 0.15) is 15.9 Å². The van der Waals surface area contributed by atoms with Crippen LogP contribution in [-0.2, 0) is 4.84 Å². The molecule has 0 spiro atoms. The number of fused-ring (bicyclic) bond motifs is 1. The first-order valence-corrected chi connectivity index (χ1v) is 8.24. The highest BCUT2D eigenvalue weighted by Gasteiger charge is 2.15. The quantitative estimate of drug-likeness (QED) is 0.806. The van der Waals surface area contributed by atoms with Gasteiger partial charge in [0.05, 0.1) is 21.3 Å². The Kier molecular flexibility index (Phi) is 4.62. The molecule has 0 bridgehead atoms. The number of halogens is 2. The first kappa shape index (κ1) is 15.3. The smallest absolute Gasteiger partial charge is 0.338 e. The molecule has 1 N–H and O–H groups in total. The van der Waals surface area contributed by atoms with Crippen LogP contribution in [0.25, 0.3) is 5.70 Å². The lowest BCUT2D eigenvalue weighted by molar-refractivity contribution is 0.0368. The number of nitrogens with one attached hydrogen (secondary N) is 1. The van der Waals surface area contributed by atoms with Gasteiger partial charge in [-0.25, -0.2) is 10.3 Å². The van der Waals surface area contributed by atoms with Crippen molar-refractivity contribution in [2.24, 2.45) is 0 Å². The molecule has 3 rings (SSSR count). The molecule has 0 fully saturated rings. The van der Waals surface area contributed by atoms with Crippen molar-refractivity contribution in [2.75, 3.05) is 5.75 Å². The van der Waals surface area contributed by atoms with E-state index < -0.39 is 5.97 Å². The summed E-state index contributed by atoms with van der Waals surface area (Å²) in [6.45, 7) is 0. The molecular formula is C16H11Cl2NO2S. The lowest BCUT2D eigenvalue weighted by Gasteiger charge is -2.18. The normalized spacial score (nSPS) is 13.1. The van der Waals surface area contributed by atoms with Crippen LogP contribution in [0.2, 0.25) is 10.0 Å². The second kappa shape index (κ2) is 6.65. The molecule has 3 nitrogen and oxygen atoms in total. The number of benzene rings is 2. The van der Waals surface area contributed by atoms with Crippen molar-refractivity contribution in [3.8, 4) is 0 Å². The highest BCUT2D eigenvalue weighted by Crippen LogP contribution is 2.32. The third-order valence-corrected chi connectivity index (χ3v) is 4.85. The van der Waals surface area contributed by atoms with Crippen molar-refractivity contribution in [3.63, 3.8) is 0 Å². The van der Waals surface area contributed by atoms with E-state index in [9.17, 15) is 4.79 Å². The molecule has 0 radical (unpaired) electrons. The van der Waals surface area contributed by atoms with Gasteiger partial charge in [0, 0.05) is 16.2 Å². The number of hydrogen-bond donors (Lipinski definition) is 1. The summed E-state index contributed by atoms with van der Waals surface area (Å²) in [5.41, 5.74) is 4.86. The van der Waals surface area contributed by atoms with Crippen LogP contribution < -0.4 is 5.48 Å². The van der Waals surface area contributed by atoms with Crippen LogP contribution in [0.4, 0.5) is 0 Å². The fraction of sp³-hybridized carbons (Fsp3) is 0.0625. The minimum absolute atomic E-state index is 0.315. The molecule has 0 aromatic heterocycles. The van der Waals surface area contributed by atoms with E-state index in [1.807, 2.05) is 30.3 Å². The van der Waals surface area contributed by atoms with Crippen molar-refractivity contribution in [3.05, 3.63) is 69.7 Å². The van der Waals surface area contributed by atoms with Gasteiger partial charge in [-0.1, -0.05) is 41.4 Å². The van der Waals surface area contributed by atoms with Crippen molar-refractivity contribution < 1.29 is 9.63 Å². The Morgan fingerprint density at radius 1 is 1.14 bits per heavy atom. The van der Waals surface area contributed by atoms with Gasteiger partial charge in [-0.05, 0) is 30.3 Å². The monoisotopic (exact) mass is 351 g/mol. The van der Waals surface area contributed by atoms with E-state index in [4.69, 9.17) is 28.0 Å². The molecule has 6 heteroatoms. The lowest BCUT2D eigenvalue weighted by atomic mass is 10.1. The van der Waals surface area contributed by atoms with E-state index in [1.54, 1.807) is 23.9 Å². The fourth-order valence-corrected chi connectivity index (χ4v) is 3.26. The first-order chi connectivity index (χ1) is 10.6. The predicted octanol–water partition coefficient (Wildman–Crippen LogP) is 4.80. The number of rotatable bonds is 3. The Morgan fingerprint density at radius 2 is 1.95 bits per heavy atom. The molecular weight excluding hydrogens is 341 g/mol. The third-order valence-electron chi connectivity index (χ3n) is 3.11. The summed E-state index contributed by atoms with van der Waals surface area (Å²) < 4.78 is 0. The third kappa shape index (κ3) is 3.24. The van der Waals surface area contributed by atoms with Crippen LogP contribution in [0.15, 0.2) is 53.4 Å². The van der Waals surface area contributed by atoms with E-state index >= 15 is 0 Å². The minimum Gasteiger partial charge on any atom is -0.338 e. The number of carbonyl (C=O) groups excluding carboxylic acids is 1. The Balaban J connectivity index is 1.71. The molecule has 0 saturated heterocycles. The SMILES string of the molecule is O=C(ONC1=CCSc2ccccc21)c1ccc(Cl)c(Cl)c1. The number of hydrogen-bond acceptors (Lipinski definition) is 4. The van der Waals surface area contributed by atoms with E-state index in [0.717, 1.165) is 21.9 Å². The Hall–Kier alpha value is -1.62. The summed E-state index contributed by atoms with van der Waals surface area (Å²) in [6, 6.07) is 12.6. The van der Waals surface area contributed by atoms with Crippen LogP contribution in [0.3, 0.4) is 0 Å². The molecule has 0 atom stereocenters. The molecule has 0 aliphatic carbocycles. The van der Waals surface area contributed by atoms with Gasteiger partial charge in [0.15, 0.2) is 0 Å². The summed E-state index contributed by atoms with van der Waals surface area (Å²) in [6.07, 6.45) is 1.98. The van der Waals surface area contributed by atoms with Crippen LogP contribution >= 0.6 is 35.0 Å². The van der Waals surface area contributed by atoms with Crippen molar-refractivity contribution in [1.29, 1.82) is 0 Å². The summed E-state index contributed by atoms with van der Waals surface area (Å²) in [5, 5.41) is 0.710. The maximum absolute atomic E-state index is 12.0. The van der Waals surface area contributed by atoms with Crippen molar-refractivity contribution >= 4 is 46.6 Å². The number of carbonyl (C=O) groups is 1. The van der Waals surface area contributed by atoms with E-state index in [0.29, 0.717) is 15.6 Å². The minimum atomic E-state index is -0.518. The van der Waals surface area contributed by atoms with Gasteiger partial charge in [-0.2, -0.15) is 0 Å². The molecule has 2 aromatic rings. The molecule has 1 heterocycles. The zero-order valence-corrected chi connectivity index (χ0v) is 13.6. The van der Waals surface area contributed by atoms with E-state index in [-0.39, 0.29) is 0 Å². The molecule has 112 valence electrons. The highest BCUT2D eigenvalue weighted by molar-refractivity contribution is 7.99. The van der Waals surface area contributed by atoms with Gasteiger partial charge in [-0.15, -0.1) is 11.8 Å². The van der Waals surface area contributed by atoms with Gasteiger partial charge in [0.25, 0.3) is 0 Å².